The highest BCUT2D eigenvalue weighted by atomic mass is 35.5. The van der Waals surface area contributed by atoms with Crippen LogP contribution in [0.2, 0.25) is 5.02 Å². The van der Waals surface area contributed by atoms with E-state index < -0.39 is 10.0 Å². The van der Waals surface area contributed by atoms with Gasteiger partial charge >= 0.3 is 0 Å². The number of benzene rings is 2. The lowest BCUT2D eigenvalue weighted by molar-refractivity contribution is 0.342. The van der Waals surface area contributed by atoms with Gasteiger partial charge in [-0.3, -0.25) is 0 Å². The third-order valence-electron chi connectivity index (χ3n) is 6.12. The fourth-order valence-corrected chi connectivity index (χ4v) is 5.65. The summed E-state index contributed by atoms with van der Waals surface area (Å²) in [5.74, 6) is 1.19. The molecular weight excluding hydrogens is 550 g/mol. The average molecular weight is 590 g/mol. The van der Waals surface area contributed by atoms with Gasteiger partial charge in [0.25, 0.3) is 0 Å². The zero-order valence-corrected chi connectivity index (χ0v) is 25.4. The highest BCUT2D eigenvalue weighted by Crippen LogP contribution is 2.32. The Morgan fingerprint density at radius 1 is 1.02 bits per heavy atom. The molecule has 0 spiro atoms. The summed E-state index contributed by atoms with van der Waals surface area (Å²) >= 11 is 6.41. The van der Waals surface area contributed by atoms with Gasteiger partial charge in [0.1, 0.15) is 15.7 Å². The SMILES string of the molecule is CCOc1cc(NCCCN(C)C)ccc1Nc1ncc(Cl)c(Nc2ccccc2S(=O)(=O)NC(CC)CC)n1. The molecule has 0 bridgehead atoms. The first-order chi connectivity index (χ1) is 19.2. The second kappa shape index (κ2) is 15.0. The molecule has 0 atom stereocenters. The van der Waals surface area contributed by atoms with Crippen molar-refractivity contribution < 1.29 is 13.2 Å². The normalized spacial score (nSPS) is 11.6. The first kappa shape index (κ1) is 31.4. The number of halogens is 1. The lowest BCUT2D eigenvalue weighted by Gasteiger charge is -2.18. The molecule has 0 aliphatic carbocycles. The summed E-state index contributed by atoms with van der Waals surface area (Å²) < 4.78 is 34.9. The van der Waals surface area contributed by atoms with Gasteiger partial charge in [-0.25, -0.2) is 18.1 Å². The molecule has 0 amide bonds. The molecule has 0 aliphatic heterocycles. The van der Waals surface area contributed by atoms with Crippen molar-refractivity contribution in [2.75, 3.05) is 49.7 Å². The molecule has 0 unspecified atom stereocenters. The van der Waals surface area contributed by atoms with Crippen molar-refractivity contribution in [2.45, 2.75) is 51.0 Å². The Kier molecular flexibility index (Phi) is 11.8. The predicted molar refractivity (Wildman–Crippen MR) is 164 cm³/mol. The van der Waals surface area contributed by atoms with E-state index in [2.05, 4.69) is 49.6 Å². The first-order valence-electron chi connectivity index (χ1n) is 13.5. The van der Waals surface area contributed by atoms with Crippen molar-refractivity contribution in [1.82, 2.24) is 19.6 Å². The van der Waals surface area contributed by atoms with Gasteiger partial charge < -0.3 is 25.6 Å². The molecular formula is C28H40ClN7O3S. The zero-order chi connectivity index (χ0) is 29.1. The minimum atomic E-state index is -3.77. The van der Waals surface area contributed by atoms with E-state index in [1.165, 1.54) is 6.20 Å². The van der Waals surface area contributed by atoms with E-state index >= 15 is 0 Å². The number of aromatic nitrogens is 2. The van der Waals surface area contributed by atoms with Gasteiger partial charge in [0, 0.05) is 24.3 Å². The fourth-order valence-electron chi connectivity index (χ4n) is 3.94. The number of hydrogen-bond acceptors (Lipinski definition) is 9. The van der Waals surface area contributed by atoms with E-state index in [0.29, 0.717) is 36.6 Å². The summed E-state index contributed by atoms with van der Waals surface area (Å²) in [6, 6.07) is 12.3. The molecule has 1 aromatic heterocycles. The molecule has 0 fully saturated rings. The summed E-state index contributed by atoms with van der Waals surface area (Å²) in [5, 5.41) is 9.94. The highest BCUT2D eigenvalue weighted by Gasteiger charge is 2.22. The molecule has 0 saturated carbocycles. The molecule has 0 radical (unpaired) electrons. The van der Waals surface area contributed by atoms with Gasteiger partial charge in [-0.05, 0) is 71.1 Å². The van der Waals surface area contributed by atoms with Gasteiger partial charge in [-0.15, -0.1) is 0 Å². The molecule has 0 saturated heterocycles. The monoisotopic (exact) mass is 589 g/mol. The predicted octanol–water partition coefficient (Wildman–Crippen LogP) is 5.85. The fraction of sp³-hybridized carbons (Fsp3) is 0.429. The van der Waals surface area contributed by atoms with Crippen molar-refractivity contribution in [1.29, 1.82) is 0 Å². The van der Waals surface area contributed by atoms with Crippen molar-refractivity contribution in [2.24, 2.45) is 0 Å². The van der Waals surface area contributed by atoms with Gasteiger partial charge in [0.2, 0.25) is 16.0 Å². The molecule has 40 heavy (non-hydrogen) atoms. The van der Waals surface area contributed by atoms with Crippen LogP contribution < -0.4 is 25.4 Å². The van der Waals surface area contributed by atoms with E-state index in [-0.39, 0.29) is 27.7 Å². The smallest absolute Gasteiger partial charge is 0.242 e. The number of rotatable bonds is 16. The molecule has 3 rings (SSSR count). The van der Waals surface area contributed by atoms with Crippen LogP contribution in [0.4, 0.5) is 28.8 Å². The van der Waals surface area contributed by atoms with Crippen LogP contribution in [0.3, 0.4) is 0 Å². The van der Waals surface area contributed by atoms with Crippen LogP contribution in [0.5, 0.6) is 5.75 Å². The number of hydrogen-bond donors (Lipinski definition) is 4. The average Bonchev–Trinajstić information content (AvgIpc) is 2.93. The van der Waals surface area contributed by atoms with Crippen molar-refractivity contribution in [3.8, 4) is 5.75 Å². The van der Waals surface area contributed by atoms with Crippen LogP contribution in [0.25, 0.3) is 0 Å². The Balaban J connectivity index is 1.82. The minimum absolute atomic E-state index is 0.110. The number of nitrogens with one attached hydrogen (secondary N) is 4. The third-order valence-corrected chi connectivity index (χ3v) is 7.98. The van der Waals surface area contributed by atoms with Gasteiger partial charge in [0.05, 0.1) is 24.2 Å². The van der Waals surface area contributed by atoms with E-state index in [1.54, 1.807) is 24.3 Å². The van der Waals surface area contributed by atoms with E-state index in [1.807, 2.05) is 39.0 Å². The van der Waals surface area contributed by atoms with Crippen molar-refractivity contribution >= 4 is 50.5 Å². The second-order valence-electron chi connectivity index (χ2n) is 9.50. The Bertz CT molecular complexity index is 1350. The Hall–Kier alpha value is -3.12. The molecule has 10 nitrogen and oxygen atoms in total. The molecule has 4 N–H and O–H groups in total. The minimum Gasteiger partial charge on any atom is -0.492 e. The van der Waals surface area contributed by atoms with Crippen LogP contribution in [0, 0.1) is 0 Å². The van der Waals surface area contributed by atoms with E-state index in [4.69, 9.17) is 16.3 Å². The van der Waals surface area contributed by atoms with Crippen LogP contribution in [0.1, 0.15) is 40.0 Å². The maximum atomic E-state index is 13.2. The first-order valence-corrected chi connectivity index (χ1v) is 15.4. The topological polar surface area (TPSA) is 121 Å². The van der Waals surface area contributed by atoms with Crippen LogP contribution in [-0.4, -0.2) is 63.1 Å². The molecule has 218 valence electrons. The van der Waals surface area contributed by atoms with E-state index in [0.717, 1.165) is 25.2 Å². The van der Waals surface area contributed by atoms with Gasteiger partial charge in [-0.1, -0.05) is 37.6 Å². The number of anilines is 5. The Morgan fingerprint density at radius 3 is 2.48 bits per heavy atom. The van der Waals surface area contributed by atoms with Crippen LogP contribution in [-0.2, 0) is 10.0 Å². The maximum absolute atomic E-state index is 13.2. The Labute approximate surface area is 243 Å². The van der Waals surface area contributed by atoms with Crippen LogP contribution >= 0.6 is 11.6 Å². The molecule has 3 aromatic rings. The maximum Gasteiger partial charge on any atom is 0.242 e. The Morgan fingerprint density at radius 2 is 1.77 bits per heavy atom. The molecule has 1 heterocycles. The quantitative estimate of drug-likeness (QED) is 0.153. The molecule has 2 aromatic carbocycles. The number of sulfonamides is 1. The summed E-state index contributed by atoms with van der Waals surface area (Å²) in [6.07, 6.45) is 3.86. The standard InChI is InChI=1S/C28H40ClN7O3S/c1-6-20(7-2)35-40(37,38)26-13-10-9-12-24(26)32-27-22(29)19-31-28(34-27)33-23-15-14-21(18-25(23)39-8-3)30-16-11-17-36(4)5/h9-10,12-15,18-20,30,35H,6-8,11,16-17H2,1-5H3,(H2,31,32,33,34). The highest BCUT2D eigenvalue weighted by molar-refractivity contribution is 7.89. The van der Waals surface area contributed by atoms with E-state index in [9.17, 15) is 8.42 Å². The van der Waals surface area contributed by atoms with Crippen LogP contribution in [0.15, 0.2) is 53.6 Å². The van der Waals surface area contributed by atoms with Gasteiger partial charge in [-0.2, -0.15) is 4.98 Å². The lowest BCUT2D eigenvalue weighted by Crippen LogP contribution is -2.34. The number of ether oxygens (including phenoxy) is 1. The molecule has 0 aliphatic rings. The largest absolute Gasteiger partial charge is 0.492 e. The zero-order valence-electron chi connectivity index (χ0n) is 23.8. The van der Waals surface area contributed by atoms with Crippen molar-refractivity contribution in [3.05, 3.63) is 53.7 Å². The summed E-state index contributed by atoms with van der Waals surface area (Å²) in [5.41, 5.74) is 1.99. The molecule has 12 heteroatoms. The number of nitrogens with zero attached hydrogens (tertiary/aromatic N) is 3. The lowest BCUT2D eigenvalue weighted by atomic mass is 10.2. The summed E-state index contributed by atoms with van der Waals surface area (Å²) in [6.45, 7) is 8.15. The summed E-state index contributed by atoms with van der Waals surface area (Å²) in [7, 11) is 0.338. The van der Waals surface area contributed by atoms with Crippen molar-refractivity contribution in [3.63, 3.8) is 0 Å². The summed E-state index contributed by atoms with van der Waals surface area (Å²) in [4.78, 5) is 11.1. The second-order valence-corrected chi connectivity index (χ2v) is 11.6. The van der Waals surface area contributed by atoms with Gasteiger partial charge in [0.15, 0.2) is 5.82 Å². The number of para-hydroxylation sites is 1. The third kappa shape index (κ3) is 8.95.